The van der Waals surface area contributed by atoms with Crippen LogP contribution >= 0.6 is 0 Å². The van der Waals surface area contributed by atoms with Crippen molar-refractivity contribution in [3.05, 3.63) is 70.8 Å². The molecule has 0 radical (unpaired) electrons. The fourth-order valence-corrected chi connectivity index (χ4v) is 3.20. The Kier molecular flexibility index (Phi) is 6.49. The molecule has 1 atom stereocenters. The van der Waals surface area contributed by atoms with Gasteiger partial charge in [-0.3, -0.25) is 9.69 Å². The van der Waals surface area contributed by atoms with Crippen molar-refractivity contribution in [3.8, 4) is 0 Å². The molecule has 1 saturated heterocycles. The van der Waals surface area contributed by atoms with E-state index in [1.807, 2.05) is 4.90 Å². The van der Waals surface area contributed by atoms with Crippen LogP contribution in [0, 0.1) is 11.6 Å². The number of hydrogen-bond acceptors (Lipinski definition) is 3. The zero-order chi connectivity index (χ0) is 21.0. The Bertz CT molecular complexity index is 849. The summed E-state index contributed by atoms with van der Waals surface area (Å²) in [6.45, 7) is 1.96. The number of nitrogens with zero attached hydrogens (tertiary/aromatic N) is 1. The van der Waals surface area contributed by atoms with E-state index >= 15 is 0 Å². The minimum atomic E-state index is -4.45. The summed E-state index contributed by atoms with van der Waals surface area (Å²) in [5.41, 5.74) is -0.633. The monoisotopic (exact) mass is 414 g/mol. The van der Waals surface area contributed by atoms with Crippen molar-refractivity contribution in [1.29, 1.82) is 0 Å². The van der Waals surface area contributed by atoms with Crippen molar-refractivity contribution in [2.45, 2.75) is 12.2 Å². The molecule has 3 rings (SSSR count). The van der Waals surface area contributed by atoms with Crippen molar-refractivity contribution in [1.82, 2.24) is 10.2 Å². The fourth-order valence-electron chi connectivity index (χ4n) is 3.20. The highest BCUT2D eigenvalue weighted by molar-refractivity contribution is 5.94. The molecule has 1 aliphatic heterocycles. The van der Waals surface area contributed by atoms with Gasteiger partial charge in [0.25, 0.3) is 5.91 Å². The van der Waals surface area contributed by atoms with Crippen LogP contribution in [0.4, 0.5) is 22.0 Å². The molecule has 156 valence electrons. The Labute approximate surface area is 164 Å². The van der Waals surface area contributed by atoms with E-state index in [1.165, 1.54) is 18.2 Å². The van der Waals surface area contributed by atoms with Gasteiger partial charge >= 0.3 is 6.18 Å². The Balaban J connectivity index is 1.79. The molecule has 0 bridgehead atoms. The van der Waals surface area contributed by atoms with Crippen molar-refractivity contribution in [2.75, 3.05) is 32.8 Å². The molecular weight excluding hydrogens is 395 g/mol. The van der Waals surface area contributed by atoms with Crippen LogP contribution in [0.25, 0.3) is 0 Å². The van der Waals surface area contributed by atoms with Crippen molar-refractivity contribution in [2.24, 2.45) is 0 Å². The number of halogens is 5. The van der Waals surface area contributed by atoms with E-state index in [-0.39, 0.29) is 6.54 Å². The Morgan fingerprint density at radius 3 is 2.34 bits per heavy atom. The number of ether oxygens (including phenoxy) is 1. The van der Waals surface area contributed by atoms with Crippen molar-refractivity contribution in [3.63, 3.8) is 0 Å². The number of rotatable bonds is 5. The first-order chi connectivity index (χ1) is 13.8. The highest BCUT2D eigenvalue weighted by atomic mass is 19.4. The SMILES string of the molecule is O=C(NCC(c1ccc(C(F)(F)F)cc1)N1CCOCC1)c1cccc(F)c1F. The minimum absolute atomic E-state index is 0.0140. The van der Waals surface area contributed by atoms with E-state index in [1.54, 1.807) is 0 Å². The maximum Gasteiger partial charge on any atom is 0.416 e. The summed E-state index contributed by atoms with van der Waals surface area (Å²) < 4.78 is 71.0. The summed E-state index contributed by atoms with van der Waals surface area (Å²) in [4.78, 5) is 14.3. The third-order valence-corrected chi connectivity index (χ3v) is 4.76. The van der Waals surface area contributed by atoms with Gasteiger partial charge < -0.3 is 10.1 Å². The van der Waals surface area contributed by atoms with Gasteiger partial charge in [-0.15, -0.1) is 0 Å². The first-order valence-corrected chi connectivity index (χ1v) is 8.98. The molecule has 0 aliphatic carbocycles. The van der Waals surface area contributed by atoms with Crippen molar-refractivity contribution < 1.29 is 31.5 Å². The Hall–Kier alpha value is -2.52. The highest BCUT2D eigenvalue weighted by Crippen LogP contribution is 2.31. The Morgan fingerprint density at radius 1 is 1.07 bits per heavy atom. The molecule has 1 N–H and O–H groups in total. The van der Waals surface area contributed by atoms with E-state index in [4.69, 9.17) is 4.74 Å². The average molecular weight is 414 g/mol. The predicted molar refractivity (Wildman–Crippen MR) is 95.3 cm³/mol. The van der Waals surface area contributed by atoms with Crippen LogP contribution in [-0.4, -0.2) is 43.7 Å². The van der Waals surface area contributed by atoms with Gasteiger partial charge in [0.15, 0.2) is 11.6 Å². The highest BCUT2D eigenvalue weighted by Gasteiger charge is 2.31. The second-order valence-corrected chi connectivity index (χ2v) is 6.60. The quantitative estimate of drug-likeness (QED) is 0.758. The number of nitrogens with one attached hydrogen (secondary N) is 1. The number of benzene rings is 2. The van der Waals surface area contributed by atoms with Gasteiger partial charge in [0.05, 0.1) is 30.4 Å². The van der Waals surface area contributed by atoms with Gasteiger partial charge in [0.2, 0.25) is 0 Å². The molecule has 1 amide bonds. The summed E-state index contributed by atoms with van der Waals surface area (Å²) >= 11 is 0. The molecule has 0 saturated carbocycles. The van der Waals surface area contributed by atoms with E-state index in [2.05, 4.69) is 5.32 Å². The maximum atomic E-state index is 13.8. The number of alkyl halides is 3. The van der Waals surface area contributed by atoms with Crippen molar-refractivity contribution >= 4 is 5.91 Å². The van der Waals surface area contributed by atoms with Crippen LogP contribution < -0.4 is 5.32 Å². The molecular formula is C20H19F5N2O2. The lowest BCUT2D eigenvalue weighted by Crippen LogP contribution is -2.44. The van der Waals surface area contributed by atoms with Crippen LogP contribution in [0.15, 0.2) is 42.5 Å². The predicted octanol–water partition coefficient (Wildman–Crippen LogP) is 3.79. The minimum Gasteiger partial charge on any atom is -0.379 e. The van der Waals surface area contributed by atoms with Gasteiger partial charge in [0.1, 0.15) is 0 Å². The van der Waals surface area contributed by atoms with Crippen LogP contribution in [0.3, 0.4) is 0 Å². The number of carbonyl (C=O) groups excluding carboxylic acids is 1. The van der Waals surface area contributed by atoms with Gasteiger partial charge in [-0.05, 0) is 29.8 Å². The standard InChI is InChI=1S/C20H19F5N2O2/c21-16-3-1-2-15(18(16)22)19(28)26-12-17(27-8-10-29-11-9-27)13-4-6-14(7-5-13)20(23,24)25/h1-7,17H,8-12H2,(H,26,28). The van der Waals surface area contributed by atoms with Crippen LogP contribution in [0.1, 0.15) is 27.5 Å². The van der Waals surface area contributed by atoms with E-state index in [0.717, 1.165) is 24.3 Å². The summed E-state index contributed by atoms with van der Waals surface area (Å²) in [7, 11) is 0. The van der Waals surface area contributed by atoms with Crippen LogP contribution in [0.5, 0.6) is 0 Å². The molecule has 0 spiro atoms. The molecule has 0 aromatic heterocycles. The first-order valence-electron chi connectivity index (χ1n) is 8.98. The number of morpholine rings is 1. The van der Waals surface area contributed by atoms with E-state index < -0.39 is 40.9 Å². The van der Waals surface area contributed by atoms with Gasteiger partial charge in [0, 0.05) is 19.6 Å². The lowest BCUT2D eigenvalue weighted by molar-refractivity contribution is -0.137. The summed E-state index contributed by atoms with van der Waals surface area (Å²) in [6, 6.07) is 7.54. The molecule has 4 nitrogen and oxygen atoms in total. The molecule has 29 heavy (non-hydrogen) atoms. The van der Waals surface area contributed by atoms with Gasteiger partial charge in [-0.25, -0.2) is 8.78 Å². The summed E-state index contributed by atoms with van der Waals surface area (Å²) in [5.74, 6) is -3.18. The molecule has 1 fully saturated rings. The normalized spacial score (nSPS) is 16.4. The molecule has 9 heteroatoms. The number of hydrogen-bond donors (Lipinski definition) is 1. The topological polar surface area (TPSA) is 41.6 Å². The molecule has 2 aromatic rings. The molecule has 2 aromatic carbocycles. The smallest absolute Gasteiger partial charge is 0.379 e. The lowest BCUT2D eigenvalue weighted by Gasteiger charge is -2.35. The number of carbonyl (C=O) groups is 1. The second kappa shape index (κ2) is 8.87. The first kappa shape index (κ1) is 21.2. The summed E-state index contributed by atoms with van der Waals surface area (Å²) in [6.07, 6.45) is -4.45. The third-order valence-electron chi connectivity index (χ3n) is 4.76. The largest absolute Gasteiger partial charge is 0.416 e. The Morgan fingerprint density at radius 2 is 1.72 bits per heavy atom. The zero-order valence-electron chi connectivity index (χ0n) is 15.3. The zero-order valence-corrected chi connectivity index (χ0v) is 15.3. The molecule has 1 unspecified atom stereocenters. The molecule has 1 aliphatic rings. The van der Waals surface area contributed by atoms with Crippen LogP contribution in [-0.2, 0) is 10.9 Å². The molecule has 1 heterocycles. The van der Waals surface area contributed by atoms with E-state index in [0.29, 0.717) is 31.9 Å². The lowest BCUT2D eigenvalue weighted by atomic mass is 10.0. The van der Waals surface area contributed by atoms with Gasteiger partial charge in [-0.2, -0.15) is 13.2 Å². The van der Waals surface area contributed by atoms with Gasteiger partial charge in [-0.1, -0.05) is 18.2 Å². The third kappa shape index (κ3) is 5.10. The number of amides is 1. The average Bonchev–Trinajstić information content (AvgIpc) is 2.70. The summed E-state index contributed by atoms with van der Waals surface area (Å²) in [5, 5.41) is 2.56. The van der Waals surface area contributed by atoms with E-state index in [9.17, 15) is 26.7 Å². The fraction of sp³-hybridized carbons (Fsp3) is 0.350. The maximum absolute atomic E-state index is 13.8. The second-order valence-electron chi connectivity index (χ2n) is 6.60. The van der Waals surface area contributed by atoms with Crippen LogP contribution in [0.2, 0.25) is 0 Å².